The highest BCUT2D eigenvalue weighted by molar-refractivity contribution is 4.82. The van der Waals surface area contributed by atoms with Crippen molar-refractivity contribution < 1.29 is 4.39 Å². The quantitative estimate of drug-likeness (QED) is 0.581. The smallest absolute Gasteiger partial charge is 0.108 e. The van der Waals surface area contributed by atoms with Crippen molar-refractivity contribution in [3.63, 3.8) is 0 Å². The average Bonchev–Trinajstić information content (AvgIpc) is 2.04. The van der Waals surface area contributed by atoms with Gasteiger partial charge < -0.3 is 0 Å². The zero-order valence-electron chi connectivity index (χ0n) is 9.21. The van der Waals surface area contributed by atoms with Crippen LogP contribution in [0.1, 0.15) is 60.3 Å². The van der Waals surface area contributed by atoms with Crippen LogP contribution in [-0.4, -0.2) is 5.67 Å². The Balaban J connectivity index is 4.20. The van der Waals surface area contributed by atoms with Gasteiger partial charge in [-0.25, -0.2) is 4.39 Å². The molecule has 0 amide bonds. The molecule has 0 aliphatic heterocycles. The van der Waals surface area contributed by atoms with Gasteiger partial charge in [0.15, 0.2) is 0 Å². The molecule has 0 saturated carbocycles. The minimum Gasteiger partial charge on any atom is -0.244 e. The zero-order valence-corrected chi connectivity index (χ0v) is 9.21. The Bertz CT molecular complexity index is 123. The molecule has 0 nitrogen and oxygen atoms in total. The van der Waals surface area contributed by atoms with E-state index in [1.165, 1.54) is 0 Å². The lowest BCUT2D eigenvalue weighted by Gasteiger charge is -2.33. The fraction of sp³-hybridized carbons (Fsp3) is 1.00. The summed E-state index contributed by atoms with van der Waals surface area (Å²) in [7, 11) is 0. The third-order valence-electron chi connectivity index (χ3n) is 3.24. The minimum atomic E-state index is -0.971. The van der Waals surface area contributed by atoms with E-state index in [0.29, 0.717) is 12.8 Å². The van der Waals surface area contributed by atoms with Crippen LogP contribution in [0, 0.1) is 5.41 Å². The van der Waals surface area contributed by atoms with Gasteiger partial charge in [-0.05, 0) is 25.2 Å². The summed E-state index contributed by atoms with van der Waals surface area (Å²) in [5.74, 6) is 0. The molecule has 1 heteroatoms. The highest BCUT2D eigenvalue weighted by Crippen LogP contribution is 2.37. The Kier molecular flexibility index (Phi) is 4.22. The fourth-order valence-corrected chi connectivity index (χ4v) is 1.51. The van der Waals surface area contributed by atoms with E-state index in [9.17, 15) is 4.39 Å². The number of rotatable bonds is 5. The van der Waals surface area contributed by atoms with Gasteiger partial charge in [0.05, 0.1) is 0 Å². The van der Waals surface area contributed by atoms with E-state index in [1.807, 2.05) is 6.92 Å². The van der Waals surface area contributed by atoms with Gasteiger partial charge in [-0.1, -0.05) is 40.5 Å². The van der Waals surface area contributed by atoms with Crippen LogP contribution in [0.2, 0.25) is 0 Å². The van der Waals surface area contributed by atoms with Gasteiger partial charge in [-0.3, -0.25) is 0 Å². The standard InChI is InChI=1S/C11H23F/c1-6-10(4,7-2)9-11(5,12)8-3/h6-9H2,1-5H3. The number of alkyl halides is 1. The Morgan fingerprint density at radius 2 is 1.33 bits per heavy atom. The normalized spacial score (nSPS) is 17.5. The number of hydrogen-bond donors (Lipinski definition) is 0. The van der Waals surface area contributed by atoms with Gasteiger partial charge in [-0.15, -0.1) is 0 Å². The van der Waals surface area contributed by atoms with Gasteiger partial charge in [0.2, 0.25) is 0 Å². The molecule has 74 valence electrons. The first-order chi connectivity index (χ1) is 5.39. The molecule has 0 N–H and O–H groups in total. The Hall–Kier alpha value is -0.0700. The van der Waals surface area contributed by atoms with Crippen LogP contribution in [0.25, 0.3) is 0 Å². The second-order valence-corrected chi connectivity index (χ2v) is 4.46. The van der Waals surface area contributed by atoms with Crippen LogP contribution in [0.5, 0.6) is 0 Å². The summed E-state index contributed by atoms with van der Waals surface area (Å²) in [6.45, 7) is 10.1. The third kappa shape index (κ3) is 3.55. The molecule has 12 heavy (non-hydrogen) atoms. The monoisotopic (exact) mass is 174 g/mol. The molecule has 0 rings (SSSR count). The summed E-state index contributed by atoms with van der Waals surface area (Å²) in [5, 5.41) is 0. The summed E-state index contributed by atoms with van der Waals surface area (Å²) < 4.78 is 13.7. The summed E-state index contributed by atoms with van der Waals surface area (Å²) in [6.07, 6.45) is 3.47. The molecule has 0 aliphatic rings. The lowest BCUT2D eigenvalue weighted by atomic mass is 9.75. The van der Waals surface area contributed by atoms with Gasteiger partial charge >= 0.3 is 0 Å². The van der Waals surface area contributed by atoms with E-state index >= 15 is 0 Å². The van der Waals surface area contributed by atoms with E-state index < -0.39 is 5.67 Å². The van der Waals surface area contributed by atoms with Crippen molar-refractivity contribution in [3.8, 4) is 0 Å². The van der Waals surface area contributed by atoms with Crippen molar-refractivity contribution >= 4 is 0 Å². The summed E-state index contributed by atoms with van der Waals surface area (Å²) in [5.41, 5.74) is -0.777. The van der Waals surface area contributed by atoms with Crippen molar-refractivity contribution in [2.45, 2.75) is 66.0 Å². The first kappa shape index (κ1) is 11.9. The van der Waals surface area contributed by atoms with Crippen LogP contribution >= 0.6 is 0 Å². The summed E-state index contributed by atoms with van der Waals surface area (Å²) in [6, 6.07) is 0. The molecule has 0 aromatic heterocycles. The Morgan fingerprint density at radius 3 is 1.58 bits per heavy atom. The predicted octanol–water partition coefficient (Wildman–Crippen LogP) is 4.34. The van der Waals surface area contributed by atoms with E-state index in [2.05, 4.69) is 20.8 Å². The van der Waals surface area contributed by atoms with Crippen LogP contribution in [-0.2, 0) is 0 Å². The molecule has 0 fully saturated rings. The van der Waals surface area contributed by atoms with E-state index in [-0.39, 0.29) is 5.41 Å². The highest BCUT2D eigenvalue weighted by atomic mass is 19.1. The van der Waals surface area contributed by atoms with E-state index in [1.54, 1.807) is 6.92 Å². The maximum atomic E-state index is 13.7. The van der Waals surface area contributed by atoms with Crippen LogP contribution in [0.15, 0.2) is 0 Å². The molecule has 0 aromatic carbocycles. The molecule has 0 saturated heterocycles. The molecule has 1 atom stereocenters. The Morgan fingerprint density at radius 1 is 0.917 bits per heavy atom. The SMILES string of the molecule is CCC(C)(F)CC(C)(CC)CC. The van der Waals surface area contributed by atoms with Crippen molar-refractivity contribution in [1.82, 2.24) is 0 Å². The summed E-state index contributed by atoms with van der Waals surface area (Å²) >= 11 is 0. The predicted molar refractivity (Wildman–Crippen MR) is 53.1 cm³/mol. The van der Waals surface area contributed by atoms with Crippen LogP contribution in [0.4, 0.5) is 4.39 Å². The highest BCUT2D eigenvalue weighted by Gasteiger charge is 2.31. The van der Waals surface area contributed by atoms with Crippen molar-refractivity contribution in [2.24, 2.45) is 5.41 Å². The van der Waals surface area contributed by atoms with Gasteiger partial charge in [0.25, 0.3) is 0 Å². The minimum absolute atomic E-state index is 0.194. The molecule has 1 unspecified atom stereocenters. The molecular formula is C11H23F. The second-order valence-electron chi connectivity index (χ2n) is 4.46. The lowest BCUT2D eigenvalue weighted by Crippen LogP contribution is -2.27. The molecule has 0 spiro atoms. The molecule has 0 aromatic rings. The third-order valence-corrected chi connectivity index (χ3v) is 3.24. The van der Waals surface area contributed by atoms with Crippen molar-refractivity contribution in [3.05, 3.63) is 0 Å². The molecular weight excluding hydrogens is 151 g/mol. The number of hydrogen-bond acceptors (Lipinski definition) is 0. The van der Waals surface area contributed by atoms with Crippen molar-refractivity contribution in [2.75, 3.05) is 0 Å². The lowest BCUT2D eigenvalue weighted by molar-refractivity contribution is 0.0904. The topological polar surface area (TPSA) is 0 Å². The maximum Gasteiger partial charge on any atom is 0.108 e. The second kappa shape index (κ2) is 4.25. The van der Waals surface area contributed by atoms with Gasteiger partial charge in [0, 0.05) is 0 Å². The maximum absolute atomic E-state index is 13.7. The van der Waals surface area contributed by atoms with Crippen LogP contribution in [0.3, 0.4) is 0 Å². The van der Waals surface area contributed by atoms with Crippen LogP contribution < -0.4 is 0 Å². The molecule has 0 bridgehead atoms. The first-order valence-electron chi connectivity index (χ1n) is 5.08. The fourth-order valence-electron chi connectivity index (χ4n) is 1.51. The van der Waals surface area contributed by atoms with E-state index in [0.717, 1.165) is 12.8 Å². The number of halogens is 1. The zero-order chi connectivity index (χ0) is 9.83. The molecule has 0 aliphatic carbocycles. The largest absolute Gasteiger partial charge is 0.244 e. The van der Waals surface area contributed by atoms with Gasteiger partial charge in [0.1, 0.15) is 5.67 Å². The van der Waals surface area contributed by atoms with Gasteiger partial charge in [-0.2, -0.15) is 0 Å². The summed E-state index contributed by atoms with van der Waals surface area (Å²) in [4.78, 5) is 0. The Labute approximate surface area is 76.6 Å². The first-order valence-corrected chi connectivity index (χ1v) is 5.08. The molecule has 0 heterocycles. The molecule has 0 radical (unpaired) electrons. The van der Waals surface area contributed by atoms with Crippen molar-refractivity contribution in [1.29, 1.82) is 0 Å². The average molecular weight is 174 g/mol. The van der Waals surface area contributed by atoms with E-state index in [4.69, 9.17) is 0 Å².